The fourth-order valence-electron chi connectivity index (χ4n) is 1.47. The van der Waals surface area contributed by atoms with E-state index in [1.54, 1.807) is 6.20 Å². The molecular formula is C12H13BrN2O. The lowest BCUT2D eigenvalue weighted by Crippen LogP contribution is -2.04. The molecule has 0 radical (unpaired) electrons. The van der Waals surface area contributed by atoms with Crippen LogP contribution in [0, 0.1) is 6.92 Å². The lowest BCUT2D eigenvalue weighted by molar-refractivity contribution is 0.491. The number of benzene rings is 1. The molecule has 0 bridgehead atoms. The minimum Gasteiger partial charge on any atom is -0.439 e. The first-order valence-corrected chi connectivity index (χ1v) is 5.86. The highest BCUT2D eigenvalue weighted by atomic mass is 79.9. The highest BCUT2D eigenvalue weighted by Crippen LogP contribution is 2.25. The van der Waals surface area contributed by atoms with Gasteiger partial charge in [-0.25, -0.2) is 4.98 Å². The van der Waals surface area contributed by atoms with E-state index >= 15 is 0 Å². The minimum absolute atomic E-state index is 0.648. The van der Waals surface area contributed by atoms with Gasteiger partial charge in [0.1, 0.15) is 0 Å². The van der Waals surface area contributed by atoms with Gasteiger partial charge in [-0.05, 0) is 31.7 Å². The highest BCUT2D eigenvalue weighted by molar-refractivity contribution is 9.10. The van der Waals surface area contributed by atoms with Crippen LogP contribution in [0.25, 0.3) is 11.3 Å². The third kappa shape index (κ3) is 2.33. The molecule has 1 aromatic heterocycles. The first-order chi connectivity index (χ1) is 7.70. The molecule has 0 fully saturated rings. The Kier molecular flexibility index (Phi) is 3.41. The van der Waals surface area contributed by atoms with Crippen molar-refractivity contribution >= 4 is 15.9 Å². The van der Waals surface area contributed by atoms with E-state index in [1.165, 1.54) is 5.56 Å². The quantitative estimate of drug-likeness (QED) is 0.939. The Morgan fingerprint density at radius 1 is 1.44 bits per heavy atom. The molecule has 0 amide bonds. The summed E-state index contributed by atoms with van der Waals surface area (Å²) in [5.41, 5.74) is 2.24. The largest absolute Gasteiger partial charge is 0.439 e. The van der Waals surface area contributed by atoms with E-state index < -0.39 is 0 Å². The molecule has 2 rings (SSSR count). The van der Waals surface area contributed by atoms with Crippen LogP contribution in [0.5, 0.6) is 0 Å². The fraction of sp³-hybridized carbons (Fsp3) is 0.250. The summed E-state index contributed by atoms with van der Waals surface area (Å²) in [6, 6.07) is 6.11. The van der Waals surface area contributed by atoms with E-state index in [-0.39, 0.29) is 0 Å². The summed E-state index contributed by atoms with van der Waals surface area (Å²) >= 11 is 3.48. The van der Waals surface area contributed by atoms with E-state index in [9.17, 15) is 0 Å². The number of nitrogens with zero attached hydrogens (tertiary/aromatic N) is 1. The molecular weight excluding hydrogens is 268 g/mol. The van der Waals surface area contributed by atoms with Gasteiger partial charge in [0, 0.05) is 10.0 Å². The van der Waals surface area contributed by atoms with Crippen molar-refractivity contribution in [2.45, 2.75) is 13.5 Å². The molecule has 1 N–H and O–H groups in total. The predicted molar refractivity (Wildman–Crippen MR) is 67.1 cm³/mol. The topological polar surface area (TPSA) is 38.1 Å². The number of nitrogens with one attached hydrogen (secondary N) is 1. The Hall–Kier alpha value is -1.13. The number of rotatable bonds is 3. The van der Waals surface area contributed by atoms with E-state index in [2.05, 4.69) is 39.2 Å². The first kappa shape index (κ1) is 11.4. The van der Waals surface area contributed by atoms with Crippen LogP contribution in [0.2, 0.25) is 0 Å². The van der Waals surface area contributed by atoms with Crippen LogP contribution in [-0.4, -0.2) is 12.0 Å². The van der Waals surface area contributed by atoms with Crippen molar-refractivity contribution < 1.29 is 4.42 Å². The summed E-state index contributed by atoms with van der Waals surface area (Å²) in [5.74, 6) is 1.51. The molecule has 1 aromatic carbocycles. The van der Waals surface area contributed by atoms with E-state index in [1.807, 2.05) is 19.2 Å². The Morgan fingerprint density at radius 2 is 2.25 bits per heavy atom. The van der Waals surface area contributed by atoms with Gasteiger partial charge in [-0.2, -0.15) is 0 Å². The van der Waals surface area contributed by atoms with Gasteiger partial charge in [-0.3, -0.25) is 0 Å². The average molecular weight is 281 g/mol. The smallest absolute Gasteiger partial charge is 0.208 e. The molecule has 0 aliphatic carbocycles. The van der Waals surface area contributed by atoms with Crippen molar-refractivity contribution in [3.05, 3.63) is 40.3 Å². The lowest BCUT2D eigenvalue weighted by atomic mass is 10.1. The van der Waals surface area contributed by atoms with E-state index in [0.29, 0.717) is 12.4 Å². The van der Waals surface area contributed by atoms with Crippen LogP contribution in [0.3, 0.4) is 0 Å². The molecule has 0 aliphatic heterocycles. The number of halogens is 1. The van der Waals surface area contributed by atoms with Gasteiger partial charge >= 0.3 is 0 Å². The van der Waals surface area contributed by atoms with Gasteiger partial charge in [0.05, 0.1) is 12.7 Å². The maximum atomic E-state index is 5.62. The molecule has 0 saturated heterocycles. The summed E-state index contributed by atoms with van der Waals surface area (Å²) in [5, 5.41) is 3.01. The second kappa shape index (κ2) is 4.80. The molecule has 2 aromatic rings. The Balaban J connectivity index is 2.31. The zero-order chi connectivity index (χ0) is 11.5. The van der Waals surface area contributed by atoms with Crippen LogP contribution in [0.4, 0.5) is 0 Å². The van der Waals surface area contributed by atoms with Crippen LogP contribution in [0.15, 0.2) is 33.3 Å². The maximum absolute atomic E-state index is 5.62. The minimum atomic E-state index is 0.648. The van der Waals surface area contributed by atoms with Crippen molar-refractivity contribution in [2.24, 2.45) is 0 Å². The number of hydrogen-bond donors (Lipinski definition) is 1. The van der Waals surface area contributed by atoms with Gasteiger partial charge in [-0.15, -0.1) is 0 Å². The molecule has 16 heavy (non-hydrogen) atoms. The lowest BCUT2D eigenvalue weighted by Gasteiger charge is -2.00. The first-order valence-electron chi connectivity index (χ1n) is 5.06. The molecule has 84 valence electrons. The highest BCUT2D eigenvalue weighted by Gasteiger charge is 2.06. The molecule has 0 aliphatic rings. The van der Waals surface area contributed by atoms with E-state index in [0.717, 1.165) is 15.8 Å². The molecule has 0 unspecified atom stereocenters. The molecule has 4 heteroatoms. The van der Waals surface area contributed by atoms with Gasteiger partial charge in [-0.1, -0.05) is 22.0 Å². The molecule has 0 saturated carbocycles. The number of hydrogen-bond acceptors (Lipinski definition) is 3. The number of oxazole rings is 1. The molecule has 0 spiro atoms. The van der Waals surface area contributed by atoms with Gasteiger partial charge < -0.3 is 9.73 Å². The van der Waals surface area contributed by atoms with Crippen LogP contribution >= 0.6 is 15.9 Å². The van der Waals surface area contributed by atoms with E-state index in [4.69, 9.17) is 4.42 Å². The molecule has 0 atom stereocenters. The third-order valence-corrected chi connectivity index (χ3v) is 3.21. The molecule has 1 heterocycles. The van der Waals surface area contributed by atoms with Crippen molar-refractivity contribution in [1.82, 2.24) is 10.3 Å². The summed E-state index contributed by atoms with van der Waals surface area (Å²) in [4.78, 5) is 4.19. The standard InChI is InChI=1S/C12H13BrN2O/c1-8-5-9(3-4-10(8)13)11-6-15-12(16-11)7-14-2/h3-6,14H,7H2,1-2H3. The number of aromatic nitrogens is 1. The summed E-state index contributed by atoms with van der Waals surface area (Å²) in [6.45, 7) is 2.70. The average Bonchev–Trinajstić information content (AvgIpc) is 2.71. The summed E-state index contributed by atoms with van der Waals surface area (Å²) < 4.78 is 6.72. The van der Waals surface area contributed by atoms with Gasteiger partial charge in [0.25, 0.3) is 0 Å². The SMILES string of the molecule is CNCc1ncc(-c2ccc(Br)c(C)c2)o1. The van der Waals surface area contributed by atoms with Crippen molar-refractivity contribution in [3.8, 4) is 11.3 Å². The third-order valence-electron chi connectivity index (χ3n) is 2.32. The maximum Gasteiger partial charge on any atom is 0.208 e. The Labute approximate surface area is 103 Å². The zero-order valence-corrected chi connectivity index (χ0v) is 10.8. The second-order valence-electron chi connectivity index (χ2n) is 3.61. The Bertz CT molecular complexity index is 494. The summed E-state index contributed by atoms with van der Waals surface area (Å²) in [7, 11) is 1.87. The molecule has 3 nitrogen and oxygen atoms in total. The monoisotopic (exact) mass is 280 g/mol. The summed E-state index contributed by atoms with van der Waals surface area (Å²) in [6.07, 6.45) is 1.76. The van der Waals surface area contributed by atoms with Crippen LogP contribution in [0.1, 0.15) is 11.5 Å². The van der Waals surface area contributed by atoms with Crippen molar-refractivity contribution in [1.29, 1.82) is 0 Å². The zero-order valence-electron chi connectivity index (χ0n) is 9.25. The Morgan fingerprint density at radius 3 is 2.94 bits per heavy atom. The fourth-order valence-corrected chi connectivity index (χ4v) is 1.72. The van der Waals surface area contributed by atoms with Crippen LogP contribution < -0.4 is 5.32 Å². The predicted octanol–water partition coefficient (Wildman–Crippen LogP) is 3.13. The van der Waals surface area contributed by atoms with Gasteiger partial charge in [0.2, 0.25) is 5.89 Å². The van der Waals surface area contributed by atoms with Gasteiger partial charge in [0.15, 0.2) is 5.76 Å². The number of aryl methyl sites for hydroxylation is 1. The normalized spacial score (nSPS) is 10.7. The van der Waals surface area contributed by atoms with Crippen LogP contribution in [-0.2, 0) is 6.54 Å². The van der Waals surface area contributed by atoms with Crippen molar-refractivity contribution in [3.63, 3.8) is 0 Å². The second-order valence-corrected chi connectivity index (χ2v) is 4.47. The van der Waals surface area contributed by atoms with Crippen molar-refractivity contribution in [2.75, 3.05) is 7.05 Å².